The fourth-order valence-electron chi connectivity index (χ4n) is 2.89. The summed E-state index contributed by atoms with van der Waals surface area (Å²) in [6.45, 7) is 2.16. The lowest BCUT2D eigenvalue weighted by molar-refractivity contribution is -0.662. The van der Waals surface area contributed by atoms with Gasteiger partial charge in [-0.05, 0) is 23.5 Å². The highest BCUT2D eigenvalue weighted by Crippen LogP contribution is 2.37. The Kier molecular flexibility index (Phi) is 2.76. The molecule has 0 atom stereocenters. The smallest absolute Gasteiger partial charge is 0.232 e. The van der Waals surface area contributed by atoms with Crippen molar-refractivity contribution in [3.8, 4) is 11.3 Å². The number of nitrogens with zero attached hydrogens (tertiary/aromatic N) is 2. The standard InChI is InChI=1S/C18H15N2S/c1-12-7-3-4-8-13(12)17-16-14-9-5-6-10-15(14)21-18(16)19-11-20(17)2/h3-11H,1-2H3/q+1. The molecule has 2 heterocycles. The largest absolute Gasteiger partial charge is 0.288 e. The molecule has 2 nitrogen and oxygen atoms in total. The number of hydrogen-bond donors (Lipinski definition) is 0. The first-order valence-electron chi connectivity index (χ1n) is 6.97. The Morgan fingerprint density at radius 1 is 1.00 bits per heavy atom. The van der Waals surface area contributed by atoms with Gasteiger partial charge in [-0.2, -0.15) is 0 Å². The second-order valence-corrected chi connectivity index (χ2v) is 6.33. The van der Waals surface area contributed by atoms with Gasteiger partial charge >= 0.3 is 0 Å². The van der Waals surface area contributed by atoms with Crippen molar-refractivity contribution in [2.45, 2.75) is 6.92 Å². The van der Waals surface area contributed by atoms with Crippen LogP contribution in [0.3, 0.4) is 0 Å². The Balaban J connectivity index is 2.22. The number of hydrogen-bond acceptors (Lipinski definition) is 2. The second-order valence-electron chi connectivity index (χ2n) is 5.30. The Bertz CT molecular complexity index is 969. The number of fused-ring (bicyclic) bond motifs is 3. The molecule has 0 fully saturated rings. The van der Waals surface area contributed by atoms with Crippen molar-refractivity contribution in [1.29, 1.82) is 0 Å². The number of aryl methyl sites for hydroxylation is 2. The van der Waals surface area contributed by atoms with Gasteiger partial charge in [-0.3, -0.25) is 0 Å². The van der Waals surface area contributed by atoms with Crippen molar-refractivity contribution in [2.24, 2.45) is 7.05 Å². The minimum absolute atomic E-state index is 1.10. The monoisotopic (exact) mass is 291 g/mol. The van der Waals surface area contributed by atoms with Gasteiger partial charge in [0.25, 0.3) is 6.33 Å². The molecular formula is C18H15N2S+. The maximum atomic E-state index is 4.62. The van der Waals surface area contributed by atoms with E-state index >= 15 is 0 Å². The number of rotatable bonds is 1. The fraction of sp³-hybridized carbons (Fsp3) is 0.111. The normalized spacial score (nSPS) is 11.3. The molecule has 0 unspecified atom stereocenters. The lowest BCUT2D eigenvalue weighted by Gasteiger charge is -2.07. The number of benzene rings is 2. The summed E-state index contributed by atoms with van der Waals surface area (Å²) in [5.41, 5.74) is 3.81. The molecule has 0 aliphatic carbocycles. The number of thiophene rings is 1. The van der Waals surface area contributed by atoms with E-state index in [2.05, 4.69) is 72.1 Å². The Hall–Kier alpha value is -2.26. The molecule has 0 radical (unpaired) electrons. The summed E-state index contributed by atoms with van der Waals surface area (Å²) in [5, 5.41) is 2.55. The molecule has 0 N–H and O–H groups in total. The van der Waals surface area contributed by atoms with Gasteiger partial charge < -0.3 is 0 Å². The topological polar surface area (TPSA) is 16.8 Å². The first-order chi connectivity index (χ1) is 10.3. The Labute approximate surface area is 127 Å². The summed E-state index contributed by atoms with van der Waals surface area (Å²) >= 11 is 1.76. The predicted molar refractivity (Wildman–Crippen MR) is 88.5 cm³/mol. The molecule has 2 aromatic heterocycles. The highest BCUT2D eigenvalue weighted by atomic mass is 32.1. The molecule has 0 saturated carbocycles. The van der Waals surface area contributed by atoms with Gasteiger partial charge in [0.15, 0.2) is 0 Å². The third-order valence-corrected chi connectivity index (χ3v) is 4.99. The van der Waals surface area contributed by atoms with Crippen LogP contribution in [0.25, 0.3) is 31.6 Å². The molecule has 0 spiro atoms. The first kappa shape index (κ1) is 12.5. The highest BCUT2D eigenvalue weighted by Gasteiger charge is 2.20. The van der Waals surface area contributed by atoms with Crippen molar-refractivity contribution in [2.75, 3.05) is 0 Å². The van der Waals surface area contributed by atoms with Crippen LogP contribution in [0.2, 0.25) is 0 Å². The minimum Gasteiger partial charge on any atom is -0.232 e. The molecule has 4 aromatic rings. The van der Waals surface area contributed by atoms with Gasteiger partial charge in [0.05, 0.1) is 12.4 Å². The average Bonchev–Trinajstić information content (AvgIpc) is 2.87. The number of aromatic nitrogens is 2. The first-order valence-corrected chi connectivity index (χ1v) is 7.79. The molecule has 0 aliphatic rings. The SMILES string of the molecule is Cc1ccccc1-c1c2c(nc[n+]1C)sc1ccccc12. The molecule has 102 valence electrons. The van der Waals surface area contributed by atoms with E-state index in [0.717, 1.165) is 4.83 Å². The van der Waals surface area contributed by atoms with Gasteiger partial charge in [0.2, 0.25) is 4.83 Å². The summed E-state index contributed by atoms with van der Waals surface area (Å²) < 4.78 is 3.42. The molecule has 0 amide bonds. The van der Waals surface area contributed by atoms with E-state index in [1.807, 2.05) is 6.33 Å². The molecule has 0 bridgehead atoms. The molecule has 2 aromatic carbocycles. The van der Waals surface area contributed by atoms with E-state index in [9.17, 15) is 0 Å². The van der Waals surface area contributed by atoms with Crippen LogP contribution in [0.4, 0.5) is 0 Å². The third-order valence-electron chi connectivity index (χ3n) is 3.91. The van der Waals surface area contributed by atoms with Crippen LogP contribution in [0.15, 0.2) is 54.9 Å². The predicted octanol–water partition coefficient (Wildman–Crippen LogP) is 4.25. The quantitative estimate of drug-likeness (QED) is 0.479. The molecule has 0 aliphatic heterocycles. The minimum atomic E-state index is 1.10. The lowest BCUT2D eigenvalue weighted by atomic mass is 10.0. The van der Waals surface area contributed by atoms with Crippen molar-refractivity contribution in [3.63, 3.8) is 0 Å². The second kappa shape index (κ2) is 4.64. The van der Waals surface area contributed by atoms with Gasteiger partial charge in [-0.25, -0.2) is 4.57 Å². The summed E-state index contributed by atoms with van der Waals surface area (Å²) in [6.07, 6.45) is 1.92. The average molecular weight is 291 g/mol. The molecule has 3 heteroatoms. The fourth-order valence-corrected chi connectivity index (χ4v) is 3.93. The van der Waals surface area contributed by atoms with Crippen LogP contribution in [0.5, 0.6) is 0 Å². The van der Waals surface area contributed by atoms with Gasteiger partial charge in [0.1, 0.15) is 5.69 Å². The van der Waals surface area contributed by atoms with E-state index in [4.69, 9.17) is 0 Å². The zero-order valence-corrected chi connectivity index (χ0v) is 12.8. The van der Waals surface area contributed by atoms with Crippen molar-refractivity contribution < 1.29 is 4.57 Å². The van der Waals surface area contributed by atoms with Crippen LogP contribution in [0.1, 0.15) is 5.56 Å². The van der Waals surface area contributed by atoms with Crippen LogP contribution < -0.4 is 4.57 Å². The van der Waals surface area contributed by atoms with E-state index in [1.54, 1.807) is 11.3 Å². The zero-order chi connectivity index (χ0) is 14.4. The van der Waals surface area contributed by atoms with E-state index in [1.165, 1.54) is 32.3 Å². The Morgan fingerprint density at radius 3 is 2.62 bits per heavy atom. The molecule has 4 rings (SSSR count). The lowest BCUT2D eigenvalue weighted by Crippen LogP contribution is -2.31. The van der Waals surface area contributed by atoms with E-state index in [0.29, 0.717) is 0 Å². The summed E-state index contributed by atoms with van der Waals surface area (Å²) in [6, 6.07) is 17.1. The summed E-state index contributed by atoms with van der Waals surface area (Å²) in [7, 11) is 2.07. The summed E-state index contributed by atoms with van der Waals surface area (Å²) in [5.74, 6) is 0. The van der Waals surface area contributed by atoms with Crippen LogP contribution in [-0.4, -0.2) is 4.98 Å². The van der Waals surface area contributed by atoms with E-state index < -0.39 is 0 Å². The third kappa shape index (κ3) is 1.85. The van der Waals surface area contributed by atoms with Crippen molar-refractivity contribution in [1.82, 2.24) is 4.98 Å². The molecule has 0 saturated heterocycles. The van der Waals surface area contributed by atoms with Crippen LogP contribution >= 0.6 is 11.3 Å². The van der Waals surface area contributed by atoms with Gasteiger partial charge in [-0.1, -0.05) is 53.8 Å². The van der Waals surface area contributed by atoms with E-state index in [-0.39, 0.29) is 0 Å². The van der Waals surface area contributed by atoms with Gasteiger partial charge in [0, 0.05) is 15.6 Å². The maximum Gasteiger partial charge on any atom is 0.288 e. The maximum absolute atomic E-state index is 4.62. The molecule has 21 heavy (non-hydrogen) atoms. The summed E-state index contributed by atoms with van der Waals surface area (Å²) in [4.78, 5) is 5.72. The van der Waals surface area contributed by atoms with Crippen molar-refractivity contribution in [3.05, 3.63) is 60.4 Å². The highest BCUT2D eigenvalue weighted by molar-refractivity contribution is 7.25. The van der Waals surface area contributed by atoms with Crippen molar-refractivity contribution >= 4 is 31.6 Å². The Morgan fingerprint density at radius 2 is 1.76 bits per heavy atom. The van der Waals surface area contributed by atoms with Crippen LogP contribution in [-0.2, 0) is 7.05 Å². The van der Waals surface area contributed by atoms with Gasteiger partial charge in [-0.15, -0.1) is 0 Å². The van der Waals surface area contributed by atoms with Crippen LogP contribution in [0, 0.1) is 6.92 Å². The molecular weight excluding hydrogens is 276 g/mol. The zero-order valence-electron chi connectivity index (χ0n) is 12.0.